The summed E-state index contributed by atoms with van der Waals surface area (Å²) < 4.78 is 2.19. The first-order valence-corrected chi connectivity index (χ1v) is 7.55. The fourth-order valence-electron chi connectivity index (χ4n) is 1.76. The van der Waals surface area contributed by atoms with Gasteiger partial charge in [0.05, 0.1) is 6.04 Å². The van der Waals surface area contributed by atoms with Crippen molar-refractivity contribution in [2.45, 2.75) is 13.0 Å². The maximum Gasteiger partial charge on any atom is 0.0816 e. The monoisotopic (exact) mass is 374 g/mol. The molecule has 0 radical (unpaired) electrons. The largest absolute Gasteiger partial charge is 0.271 e. The lowest BCUT2D eigenvalue weighted by Crippen LogP contribution is -2.29. The molecule has 1 aromatic heterocycles. The zero-order valence-corrected chi connectivity index (χ0v) is 13.2. The summed E-state index contributed by atoms with van der Waals surface area (Å²) >= 11 is 8.79. The topological polar surface area (TPSA) is 38.0 Å². The Balaban J connectivity index is 2.50. The average molecular weight is 376 g/mol. The number of hydrogen-bond donors (Lipinski definition) is 2. The standard InChI is InChI=1S/C12H12Br2N2S/c1-7-8(3-2-4-9(7)13)11(16-15)12-10(14)5-6-17-12/h2-6,11,16H,15H2,1H3. The summed E-state index contributed by atoms with van der Waals surface area (Å²) in [5, 5.41) is 2.05. The van der Waals surface area contributed by atoms with E-state index in [9.17, 15) is 0 Å². The van der Waals surface area contributed by atoms with Crippen LogP contribution < -0.4 is 11.3 Å². The minimum atomic E-state index is 0.0156. The van der Waals surface area contributed by atoms with Gasteiger partial charge in [-0.3, -0.25) is 5.84 Å². The molecular formula is C12H12Br2N2S. The number of thiophene rings is 1. The van der Waals surface area contributed by atoms with E-state index in [4.69, 9.17) is 5.84 Å². The SMILES string of the molecule is Cc1c(Br)cccc1C(NN)c1sccc1Br. The first kappa shape index (κ1) is 13.2. The van der Waals surface area contributed by atoms with Crippen molar-refractivity contribution in [2.24, 2.45) is 5.84 Å². The van der Waals surface area contributed by atoms with E-state index in [1.165, 1.54) is 16.0 Å². The van der Waals surface area contributed by atoms with Crippen LogP contribution in [0, 0.1) is 6.92 Å². The van der Waals surface area contributed by atoms with Crippen LogP contribution in [0.2, 0.25) is 0 Å². The van der Waals surface area contributed by atoms with Crippen molar-refractivity contribution < 1.29 is 0 Å². The second-order valence-electron chi connectivity index (χ2n) is 3.69. The highest BCUT2D eigenvalue weighted by Gasteiger charge is 2.19. The number of halogens is 2. The van der Waals surface area contributed by atoms with E-state index < -0.39 is 0 Å². The second kappa shape index (κ2) is 5.63. The number of nitrogens with two attached hydrogens (primary N) is 1. The third-order valence-electron chi connectivity index (χ3n) is 2.69. The minimum absolute atomic E-state index is 0.0156. The average Bonchev–Trinajstić information content (AvgIpc) is 2.72. The number of rotatable bonds is 3. The van der Waals surface area contributed by atoms with Crippen LogP contribution >= 0.6 is 43.2 Å². The highest BCUT2D eigenvalue weighted by Crippen LogP contribution is 2.35. The maximum atomic E-state index is 5.70. The van der Waals surface area contributed by atoms with E-state index in [-0.39, 0.29) is 6.04 Å². The number of hydrazine groups is 1. The number of hydrogen-bond acceptors (Lipinski definition) is 3. The van der Waals surface area contributed by atoms with Crippen molar-refractivity contribution in [1.29, 1.82) is 0 Å². The summed E-state index contributed by atoms with van der Waals surface area (Å²) in [7, 11) is 0. The predicted octanol–water partition coefficient (Wildman–Crippen LogP) is 4.13. The first-order valence-electron chi connectivity index (χ1n) is 5.09. The Labute approximate surface area is 121 Å². The minimum Gasteiger partial charge on any atom is -0.271 e. The number of nitrogens with one attached hydrogen (secondary N) is 1. The Morgan fingerprint density at radius 3 is 2.59 bits per heavy atom. The molecule has 90 valence electrons. The molecule has 1 unspecified atom stereocenters. The van der Waals surface area contributed by atoms with Crippen molar-refractivity contribution >= 4 is 43.2 Å². The molecule has 0 aliphatic rings. The van der Waals surface area contributed by atoms with Crippen LogP contribution in [0.4, 0.5) is 0 Å². The van der Waals surface area contributed by atoms with Crippen molar-refractivity contribution in [3.05, 3.63) is 54.6 Å². The molecule has 1 atom stereocenters. The van der Waals surface area contributed by atoms with E-state index in [1.54, 1.807) is 11.3 Å². The number of benzene rings is 1. The van der Waals surface area contributed by atoms with Crippen molar-refractivity contribution in [2.75, 3.05) is 0 Å². The summed E-state index contributed by atoms with van der Waals surface area (Å²) in [6, 6.07) is 8.21. The van der Waals surface area contributed by atoms with Crippen LogP contribution in [-0.4, -0.2) is 0 Å². The van der Waals surface area contributed by atoms with Gasteiger partial charge in [-0.2, -0.15) is 0 Å². The summed E-state index contributed by atoms with van der Waals surface area (Å²) in [4.78, 5) is 1.19. The van der Waals surface area contributed by atoms with Gasteiger partial charge in [0.1, 0.15) is 0 Å². The quantitative estimate of drug-likeness (QED) is 0.625. The van der Waals surface area contributed by atoms with Crippen LogP contribution in [0.25, 0.3) is 0 Å². The zero-order chi connectivity index (χ0) is 12.4. The molecule has 17 heavy (non-hydrogen) atoms. The van der Waals surface area contributed by atoms with Crippen molar-refractivity contribution in [3.63, 3.8) is 0 Å². The Hall–Kier alpha value is -0.200. The summed E-state index contributed by atoms with van der Waals surface area (Å²) in [5.74, 6) is 5.70. The summed E-state index contributed by atoms with van der Waals surface area (Å²) in [6.45, 7) is 2.09. The Bertz CT molecular complexity index is 525. The molecule has 0 aliphatic carbocycles. The third kappa shape index (κ3) is 2.63. The highest BCUT2D eigenvalue weighted by molar-refractivity contribution is 9.10. The normalized spacial score (nSPS) is 12.7. The first-order chi connectivity index (χ1) is 8.15. The van der Waals surface area contributed by atoms with Crippen molar-refractivity contribution in [1.82, 2.24) is 5.43 Å². The lowest BCUT2D eigenvalue weighted by molar-refractivity contribution is 0.641. The van der Waals surface area contributed by atoms with Gasteiger partial charge in [0.15, 0.2) is 0 Å². The van der Waals surface area contributed by atoms with E-state index in [2.05, 4.69) is 55.7 Å². The fourth-order valence-corrected chi connectivity index (χ4v) is 3.82. The molecule has 0 bridgehead atoms. The van der Waals surface area contributed by atoms with Gasteiger partial charge in [0.25, 0.3) is 0 Å². The van der Waals surface area contributed by atoms with Gasteiger partial charge in [-0.15, -0.1) is 11.3 Å². The van der Waals surface area contributed by atoms with Gasteiger partial charge >= 0.3 is 0 Å². The molecule has 0 saturated carbocycles. The van der Waals surface area contributed by atoms with Gasteiger partial charge < -0.3 is 0 Å². The van der Waals surface area contributed by atoms with E-state index in [0.29, 0.717) is 0 Å². The molecule has 5 heteroatoms. The molecular weight excluding hydrogens is 364 g/mol. The van der Waals surface area contributed by atoms with Crippen molar-refractivity contribution in [3.8, 4) is 0 Å². The molecule has 0 spiro atoms. The Morgan fingerprint density at radius 1 is 1.24 bits per heavy atom. The van der Waals surface area contributed by atoms with Gasteiger partial charge in [0.2, 0.25) is 0 Å². The van der Waals surface area contributed by atoms with Crippen LogP contribution in [0.1, 0.15) is 22.0 Å². The molecule has 1 aromatic carbocycles. The molecule has 2 rings (SSSR count). The van der Waals surface area contributed by atoms with Crippen LogP contribution in [0.5, 0.6) is 0 Å². The lowest BCUT2D eigenvalue weighted by atomic mass is 10.0. The van der Waals surface area contributed by atoms with Crippen LogP contribution in [0.15, 0.2) is 38.6 Å². The summed E-state index contributed by atoms with van der Waals surface area (Å²) in [6.07, 6.45) is 0. The zero-order valence-electron chi connectivity index (χ0n) is 9.21. The van der Waals surface area contributed by atoms with Crippen LogP contribution in [-0.2, 0) is 0 Å². The molecule has 1 heterocycles. The van der Waals surface area contributed by atoms with E-state index in [0.717, 1.165) is 8.95 Å². The molecule has 0 amide bonds. The smallest absolute Gasteiger partial charge is 0.0816 e. The fraction of sp³-hybridized carbons (Fsp3) is 0.167. The highest BCUT2D eigenvalue weighted by atomic mass is 79.9. The Kier molecular flexibility index (Phi) is 4.38. The molecule has 3 N–H and O–H groups in total. The van der Waals surface area contributed by atoms with Gasteiger partial charge in [-0.05, 0) is 51.5 Å². The Morgan fingerprint density at radius 2 is 2.00 bits per heavy atom. The van der Waals surface area contributed by atoms with Gasteiger partial charge in [0, 0.05) is 13.8 Å². The molecule has 2 nitrogen and oxygen atoms in total. The van der Waals surface area contributed by atoms with E-state index >= 15 is 0 Å². The summed E-state index contributed by atoms with van der Waals surface area (Å²) in [5.41, 5.74) is 5.28. The second-order valence-corrected chi connectivity index (χ2v) is 6.34. The molecule has 2 aromatic rings. The molecule has 0 aliphatic heterocycles. The van der Waals surface area contributed by atoms with Gasteiger partial charge in [-0.25, -0.2) is 5.43 Å². The predicted molar refractivity (Wildman–Crippen MR) is 80.1 cm³/mol. The lowest BCUT2D eigenvalue weighted by Gasteiger charge is -2.18. The molecule has 0 saturated heterocycles. The maximum absolute atomic E-state index is 5.70. The van der Waals surface area contributed by atoms with Gasteiger partial charge in [-0.1, -0.05) is 28.1 Å². The molecule has 0 fully saturated rings. The van der Waals surface area contributed by atoms with E-state index in [1.807, 2.05) is 18.2 Å². The third-order valence-corrected chi connectivity index (χ3v) is 5.49. The van der Waals surface area contributed by atoms with Crippen LogP contribution in [0.3, 0.4) is 0 Å².